The number of carbonyl (C=O) groups excluding carboxylic acids is 2. The second-order valence-corrected chi connectivity index (χ2v) is 8.59. The number of benzene rings is 3. The van der Waals surface area contributed by atoms with Gasteiger partial charge in [0.15, 0.2) is 17.6 Å². The van der Waals surface area contributed by atoms with E-state index in [0.717, 1.165) is 4.90 Å². The third-order valence-corrected chi connectivity index (χ3v) is 6.33. The number of halogens is 2. The molecule has 2 heterocycles. The van der Waals surface area contributed by atoms with Gasteiger partial charge in [0.2, 0.25) is 5.91 Å². The highest BCUT2D eigenvalue weighted by molar-refractivity contribution is 6.31. The van der Waals surface area contributed by atoms with Crippen LogP contribution in [0.25, 0.3) is 0 Å². The number of fused-ring (bicyclic) bond motifs is 1. The molecule has 5 rings (SSSR count). The van der Waals surface area contributed by atoms with Crippen LogP contribution in [0.2, 0.25) is 10.0 Å². The number of amides is 2. The number of carbonyl (C=O) groups is 2. The van der Waals surface area contributed by atoms with Crippen LogP contribution in [0.4, 0.5) is 11.4 Å². The zero-order chi connectivity index (χ0) is 23.3. The topological polar surface area (TPSA) is 79.3 Å². The highest BCUT2D eigenvalue weighted by atomic mass is 35.5. The van der Waals surface area contributed by atoms with Crippen molar-refractivity contribution < 1.29 is 24.3 Å². The van der Waals surface area contributed by atoms with Crippen molar-refractivity contribution in [2.45, 2.75) is 12.1 Å². The largest absolute Gasteiger partial charge is 0.504 e. The van der Waals surface area contributed by atoms with Gasteiger partial charge < -0.3 is 9.84 Å². The fourth-order valence-electron chi connectivity index (χ4n) is 4.29. The minimum absolute atomic E-state index is 0.0358. The molecule has 0 aliphatic carbocycles. The van der Waals surface area contributed by atoms with E-state index in [2.05, 4.69) is 0 Å². The lowest BCUT2D eigenvalue weighted by Crippen LogP contribution is -2.37. The molecule has 2 fully saturated rings. The zero-order valence-electron chi connectivity index (χ0n) is 17.3. The van der Waals surface area contributed by atoms with Crippen LogP contribution in [0.1, 0.15) is 11.6 Å². The summed E-state index contributed by atoms with van der Waals surface area (Å²) in [5.74, 6) is -1.46. The first-order valence-electron chi connectivity index (χ1n) is 10.1. The van der Waals surface area contributed by atoms with Gasteiger partial charge >= 0.3 is 0 Å². The van der Waals surface area contributed by atoms with E-state index < -0.39 is 24.0 Å². The normalized spacial score (nSPS) is 22.1. The maximum Gasteiger partial charge on any atom is 0.266 e. The SMILES string of the molecule is COc1cc([C@@H]2[C@@H]3C(=O)N(c4ccc(Cl)cc4)C(=O)[C@@H]3ON2c2ccc(Cl)cc2)ccc1O. The fraction of sp³-hybridized carbons (Fsp3) is 0.167. The standard InChI is InChI=1S/C24H18Cl2N2O5/c1-32-19-12-13(2-11-18(19)29)21-20-22(33-28(21)17-9-5-15(26)6-10-17)24(31)27(23(20)30)16-7-3-14(25)4-8-16/h2-12,20-22,29H,1H3/t20-,21+,22+/m0/s1. The molecule has 7 nitrogen and oxygen atoms in total. The van der Waals surface area contributed by atoms with Crippen molar-refractivity contribution >= 4 is 46.4 Å². The number of nitrogens with zero attached hydrogens (tertiary/aromatic N) is 2. The highest BCUT2D eigenvalue weighted by Crippen LogP contribution is 2.48. The van der Waals surface area contributed by atoms with E-state index in [0.29, 0.717) is 27.0 Å². The quantitative estimate of drug-likeness (QED) is 0.537. The molecule has 0 bridgehead atoms. The van der Waals surface area contributed by atoms with Gasteiger partial charge in [0.05, 0.1) is 24.5 Å². The number of phenols is 1. The Kier molecular flexibility index (Phi) is 5.40. The number of ether oxygens (including phenoxy) is 1. The van der Waals surface area contributed by atoms with E-state index in [1.165, 1.54) is 13.2 Å². The molecule has 0 aromatic heterocycles. The lowest BCUT2D eigenvalue weighted by Gasteiger charge is -2.29. The molecule has 3 atom stereocenters. The summed E-state index contributed by atoms with van der Waals surface area (Å²) >= 11 is 12.0. The number of hydrogen-bond donors (Lipinski definition) is 1. The van der Waals surface area contributed by atoms with Crippen LogP contribution < -0.4 is 14.7 Å². The van der Waals surface area contributed by atoms with E-state index in [9.17, 15) is 14.7 Å². The molecule has 9 heteroatoms. The predicted octanol–water partition coefficient (Wildman–Crippen LogP) is 4.76. The molecule has 2 aliphatic heterocycles. The van der Waals surface area contributed by atoms with E-state index in [1.807, 2.05) is 0 Å². The molecule has 0 spiro atoms. The molecule has 1 N–H and O–H groups in total. The summed E-state index contributed by atoms with van der Waals surface area (Å²) in [4.78, 5) is 34.1. The Morgan fingerprint density at radius 1 is 0.879 bits per heavy atom. The van der Waals surface area contributed by atoms with E-state index in [1.54, 1.807) is 65.7 Å². The second-order valence-electron chi connectivity index (χ2n) is 7.72. The average molecular weight is 485 g/mol. The molecular formula is C24H18Cl2N2O5. The summed E-state index contributed by atoms with van der Waals surface area (Å²) in [5.41, 5.74) is 1.70. The van der Waals surface area contributed by atoms with Crippen molar-refractivity contribution in [2.24, 2.45) is 5.92 Å². The van der Waals surface area contributed by atoms with Crippen LogP contribution in [0.3, 0.4) is 0 Å². The Bertz CT molecular complexity index is 1230. The molecule has 2 amide bonds. The molecular weight excluding hydrogens is 467 g/mol. The number of phenolic OH excluding ortho intramolecular Hbond substituents is 1. The Balaban J connectivity index is 1.60. The van der Waals surface area contributed by atoms with Gasteiger partial charge in [0.25, 0.3) is 5.91 Å². The first kappa shape index (κ1) is 21.6. The molecule has 3 aromatic carbocycles. The Morgan fingerprint density at radius 2 is 1.48 bits per heavy atom. The smallest absolute Gasteiger partial charge is 0.266 e. The predicted molar refractivity (Wildman–Crippen MR) is 124 cm³/mol. The van der Waals surface area contributed by atoms with Crippen LogP contribution in [0, 0.1) is 5.92 Å². The van der Waals surface area contributed by atoms with Gasteiger partial charge in [-0.05, 0) is 66.2 Å². The average Bonchev–Trinajstić information content (AvgIpc) is 3.32. The first-order valence-corrected chi connectivity index (χ1v) is 10.9. The minimum Gasteiger partial charge on any atom is -0.504 e. The summed E-state index contributed by atoms with van der Waals surface area (Å²) in [6.45, 7) is 0. The third kappa shape index (κ3) is 3.58. The molecule has 33 heavy (non-hydrogen) atoms. The third-order valence-electron chi connectivity index (χ3n) is 5.83. The molecule has 2 saturated heterocycles. The number of hydrogen-bond acceptors (Lipinski definition) is 6. The van der Waals surface area contributed by atoms with Gasteiger partial charge in [-0.15, -0.1) is 0 Å². The number of hydroxylamine groups is 1. The molecule has 2 aliphatic rings. The molecule has 3 aromatic rings. The van der Waals surface area contributed by atoms with Gasteiger partial charge in [-0.2, -0.15) is 0 Å². The van der Waals surface area contributed by atoms with Gasteiger partial charge in [-0.1, -0.05) is 29.3 Å². The lowest BCUT2D eigenvalue weighted by atomic mass is 9.90. The van der Waals surface area contributed by atoms with Crippen molar-refractivity contribution in [1.29, 1.82) is 0 Å². The Labute approximate surface area is 199 Å². The fourth-order valence-corrected chi connectivity index (χ4v) is 4.54. The first-order chi connectivity index (χ1) is 15.9. The van der Waals surface area contributed by atoms with Crippen molar-refractivity contribution in [2.75, 3.05) is 17.1 Å². The zero-order valence-corrected chi connectivity index (χ0v) is 18.8. The van der Waals surface area contributed by atoms with Crippen LogP contribution in [-0.4, -0.2) is 30.1 Å². The Morgan fingerprint density at radius 3 is 2.09 bits per heavy atom. The summed E-state index contributed by atoms with van der Waals surface area (Å²) < 4.78 is 5.26. The summed E-state index contributed by atoms with van der Waals surface area (Å²) in [6.07, 6.45) is -1.02. The lowest BCUT2D eigenvalue weighted by molar-refractivity contribution is -0.126. The van der Waals surface area contributed by atoms with Crippen molar-refractivity contribution in [3.63, 3.8) is 0 Å². The molecule has 168 valence electrons. The number of methoxy groups -OCH3 is 1. The summed E-state index contributed by atoms with van der Waals surface area (Å²) in [6, 6.07) is 17.5. The maximum atomic E-state index is 13.6. The second kappa shape index (κ2) is 8.26. The van der Waals surface area contributed by atoms with Gasteiger partial charge in [-0.3, -0.25) is 14.4 Å². The Hall–Kier alpha value is -3.26. The van der Waals surface area contributed by atoms with E-state index in [4.69, 9.17) is 32.8 Å². The van der Waals surface area contributed by atoms with Gasteiger partial charge in [-0.25, -0.2) is 9.96 Å². The van der Waals surface area contributed by atoms with Crippen LogP contribution in [0.15, 0.2) is 66.7 Å². The van der Waals surface area contributed by atoms with E-state index in [-0.39, 0.29) is 17.4 Å². The number of anilines is 2. The monoisotopic (exact) mass is 484 g/mol. The van der Waals surface area contributed by atoms with Crippen LogP contribution in [0.5, 0.6) is 11.5 Å². The van der Waals surface area contributed by atoms with Crippen molar-refractivity contribution in [3.8, 4) is 11.5 Å². The molecule has 0 saturated carbocycles. The summed E-state index contributed by atoms with van der Waals surface area (Å²) in [7, 11) is 1.44. The van der Waals surface area contributed by atoms with Crippen molar-refractivity contribution in [1.82, 2.24) is 0 Å². The summed E-state index contributed by atoms with van der Waals surface area (Å²) in [5, 5.41) is 12.7. The number of rotatable bonds is 4. The van der Waals surface area contributed by atoms with Crippen LogP contribution >= 0.6 is 23.2 Å². The minimum atomic E-state index is -1.02. The van der Waals surface area contributed by atoms with Gasteiger partial charge in [0, 0.05) is 10.0 Å². The number of imide groups is 1. The van der Waals surface area contributed by atoms with E-state index >= 15 is 0 Å². The maximum absolute atomic E-state index is 13.6. The van der Waals surface area contributed by atoms with Crippen molar-refractivity contribution in [3.05, 3.63) is 82.3 Å². The van der Waals surface area contributed by atoms with Gasteiger partial charge in [0.1, 0.15) is 5.92 Å². The molecule has 0 unspecified atom stereocenters. The van der Waals surface area contributed by atoms with Crippen LogP contribution in [-0.2, 0) is 14.4 Å². The molecule has 0 radical (unpaired) electrons. The highest BCUT2D eigenvalue weighted by Gasteiger charge is 2.60. The number of aromatic hydroxyl groups is 1.